The van der Waals surface area contributed by atoms with Crippen LogP contribution in [-0.2, 0) is 11.2 Å². The molecule has 1 amide bonds. The summed E-state index contributed by atoms with van der Waals surface area (Å²) in [7, 11) is 0. The maximum absolute atomic E-state index is 12.8. The van der Waals surface area contributed by atoms with E-state index in [1.165, 1.54) is 6.07 Å². The second-order valence-electron chi connectivity index (χ2n) is 8.28. The van der Waals surface area contributed by atoms with Crippen LogP contribution in [0.5, 0.6) is 0 Å². The van der Waals surface area contributed by atoms with Crippen LogP contribution in [0.1, 0.15) is 28.0 Å². The Morgan fingerprint density at radius 3 is 2.42 bits per heavy atom. The van der Waals surface area contributed by atoms with Gasteiger partial charge in [0.25, 0.3) is 0 Å². The van der Waals surface area contributed by atoms with Crippen LogP contribution < -0.4 is 16.6 Å². The Morgan fingerprint density at radius 1 is 0.848 bits per heavy atom. The van der Waals surface area contributed by atoms with Gasteiger partial charge in [-0.25, -0.2) is 9.59 Å². The fraction of sp³-hybridized carbons (Fsp3) is 0.192. The molecule has 0 atom stereocenters. The molecular weight excluding hydrogens is 422 g/mol. The van der Waals surface area contributed by atoms with Gasteiger partial charge >= 0.3 is 11.3 Å². The van der Waals surface area contributed by atoms with Gasteiger partial charge in [-0.3, -0.25) is 4.79 Å². The van der Waals surface area contributed by atoms with Crippen LogP contribution in [0.25, 0.3) is 32.9 Å². The molecule has 0 aliphatic heterocycles. The van der Waals surface area contributed by atoms with E-state index in [9.17, 15) is 14.4 Å². The van der Waals surface area contributed by atoms with Crippen LogP contribution in [0.2, 0.25) is 0 Å². The number of carbonyl (C=O) groups is 1. The second kappa shape index (κ2) is 7.48. The quantitative estimate of drug-likeness (QED) is 0.391. The molecule has 0 aliphatic carbocycles. The molecule has 0 saturated heterocycles. The highest BCUT2D eigenvalue weighted by atomic mass is 16.4. The van der Waals surface area contributed by atoms with Crippen LogP contribution in [0.15, 0.2) is 59.2 Å². The number of benzene rings is 2. The van der Waals surface area contributed by atoms with Gasteiger partial charge in [0.05, 0.1) is 17.4 Å². The molecule has 166 valence electrons. The molecule has 0 spiro atoms. The van der Waals surface area contributed by atoms with E-state index in [1.54, 1.807) is 24.3 Å². The molecule has 2 aromatic carbocycles. The lowest BCUT2D eigenvalue weighted by Gasteiger charge is -2.10. The van der Waals surface area contributed by atoms with Crippen molar-refractivity contribution in [3.63, 3.8) is 0 Å². The number of nitrogens with one attached hydrogen (secondary N) is 1. The predicted molar refractivity (Wildman–Crippen MR) is 126 cm³/mol. The molecule has 33 heavy (non-hydrogen) atoms. The number of anilines is 1. The molecule has 7 nitrogen and oxygen atoms in total. The molecule has 0 bridgehead atoms. The SMILES string of the molecule is Cc1oc2c(c(C)cc3oc(=O)c(CC(=O)Nc4ccc5oc(=O)ccc5c4)c(C)c32)c1C. The lowest BCUT2D eigenvalue weighted by atomic mass is 9.98. The number of rotatable bonds is 3. The third-order valence-corrected chi connectivity index (χ3v) is 6.12. The Morgan fingerprint density at radius 2 is 1.64 bits per heavy atom. The molecule has 7 heteroatoms. The summed E-state index contributed by atoms with van der Waals surface area (Å²) in [6, 6.07) is 9.73. The molecule has 5 aromatic rings. The number of fused-ring (bicyclic) bond motifs is 4. The Kier molecular flexibility index (Phi) is 4.70. The Bertz CT molecular complexity index is 1720. The summed E-state index contributed by atoms with van der Waals surface area (Å²) in [5, 5.41) is 5.17. The van der Waals surface area contributed by atoms with E-state index in [0.29, 0.717) is 38.8 Å². The van der Waals surface area contributed by atoms with E-state index >= 15 is 0 Å². The Labute approximate surface area is 187 Å². The average molecular weight is 443 g/mol. The lowest BCUT2D eigenvalue weighted by Crippen LogP contribution is -2.20. The molecule has 0 radical (unpaired) electrons. The first-order chi connectivity index (χ1) is 15.7. The summed E-state index contributed by atoms with van der Waals surface area (Å²) in [4.78, 5) is 36.9. The number of carbonyl (C=O) groups excluding carboxylic acids is 1. The van der Waals surface area contributed by atoms with Crippen LogP contribution >= 0.6 is 0 Å². The zero-order chi connectivity index (χ0) is 23.4. The number of hydrogen-bond acceptors (Lipinski definition) is 6. The molecule has 3 aromatic heterocycles. The van der Waals surface area contributed by atoms with Gasteiger partial charge in [-0.05, 0) is 74.7 Å². The Hall–Kier alpha value is -4.13. The molecule has 3 heterocycles. The molecule has 5 rings (SSSR count). The van der Waals surface area contributed by atoms with E-state index in [2.05, 4.69) is 5.32 Å². The zero-order valence-corrected chi connectivity index (χ0v) is 18.6. The number of hydrogen-bond donors (Lipinski definition) is 1. The highest BCUT2D eigenvalue weighted by molar-refractivity contribution is 6.07. The van der Waals surface area contributed by atoms with Crippen molar-refractivity contribution in [1.82, 2.24) is 0 Å². The topological polar surface area (TPSA) is 103 Å². The lowest BCUT2D eigenvalue weighted by molar-refractivity contribution is -0.115. The van der Waals surface area contributed by atoms with Crippen molar-refractivity contribution in [3.05, 3.63) is 85.3 Å². The van der Waals surface area contributed by atoms with Gasteiger partial charge in [0, 0.05) is 22.5 Å². The number of furan rings is 1. The molecule has 0 unspecified atom stereocenters. The number of amides is 1. The van der Waals surface area contributed by atoms with Gasteiger partial charge in [-0.15, -0.1) is 0 Å². The largest absolute Gasteiger partial charge is 0.460 e. The highest BCUT2D eigenvalue weighted by Crippen LogP contribution is 2.36. The molecule has 1 N–H and O–H groups in total. The smallest absolute Gasteiger partial charge is 0.340 e. The molecule has 0 saturated carbocycles. The zero-order valence-electron chi connectivity index (χ0n) is 18.6. The molecular formula is C26H21NO6. The van der Waals surface area contributed by atoms with Gasteiger partial charge in [-0.2, -0.15) is 0 Å². The average Bonchev–Trinajstić information content (AvgIpc) is 3.05. The maximum Gasteiger partial charge on any atom is 0.340 e. The van der Waals surface area contributed by atoms with E-state index in [0.717, 1.165) is 22.3 Å². The van der Waals surface area contributed by atoms with E-state index in [-0.39, 0.29) is 17.9 Å². The van der Waals surface area contributed by atoms with Crippen LogP contribution in [0, 0.1) is 27.7 Å². The summed E-state index contributed by atoms with van der Waals surface area (Å²) in [6.07, 6.45) is -0.153. The normalized spacial score (nSPS) is 11.5. The third-order valence-electron chi connectivity index (χ3n) is 6.12. The first-order valence-corrected chi connectivity index (χ1v) is 10.5. The highest BCUT2D eigenvalue weighted by Gasteiger charge is 2.21. The van der Waals surface area contributed by atoms with Crippen LogP contribution in [0.3, 0.4) is 0 Å². The van der Waals surface area contributed by atoms with Crippen molar-refractivity contribution in [1.29, 1.82) is 0 Å². The fourth-order valence-electron chi connectivity index (χ4n) is 4.35. The monoisotopic (exact) mass is 443 g/mol. The van der Waals surface area contributed by atoms with Crippen LogP contribution in [-0.4, -0.2) is 5.91 Å². The van der Waals surface area contributed by atoms with E-state index < -0.39 is 11.3 Å². The minimum Gasteiger partial charge on any atom is -0.460 e. The van der Waals surface area contributed by atoms with Gasteiger partial charge in [-0.1, -0.05) is 0 Å². The van der Waals surface area contributed by atoms with Crippen LogP contribution in [0.4, 0.5) is 5.69 Å². The standard InChI is InChI=1S/C26H21NO6/c1-12-9-20-24(25-23(12)13(2)15(4)31-25)14(3)18(26(30)33-20)11-21(28)27-17-6-7-19-16(10-17)5-8-22(29)32-19/h5-10H,11H2,1-4H3,(H,27,28). The third kappa shape index (κ3) is 3.42. The van der Waals surface area contributed by atoms with Crippen molar-refractivity contribution in [3.8, 4) is 0 Å². The first-order valence-electron chi connectivity index (χ1n) is 10.5. The van der Waals surface area contributed by atoms with Gasteiger partial charge < -0.3 is 18.6 Å². The van der Waals surface area contributed by atoms with Crippen molar-refractivity contribution in [2.75, 3.05) is 5.32 Å². The maximum atomic E-state index is 12.8. The van der Waals surface area contributed by atoms with Gasteiger partial charge in [0.15, 0.2) is 0 Å². The minimum absolute atomic E-state index is 0.153. The summed E-state index contributed by atoms with van der Waals surface area (Å²) in [6.45, 7) is 7.66. The minimum atomic E-state index is -0.547. The van der Waals surface area contributed by atoms with Crippen molar-refractivity contribution < 1.29 is 18.0 Å². The van der Waals surface area contributed by atoms with E-state index in [4.69, 9.17) is 13.3 Å². The van der Waals surface area contributed by atoms with Crippen molar-refractivity contribution in [2.45, 2.75) is 34.1 Å². The molecule has 0 fully saturated rings. The molecule has 0 aliphatic rings. The van der Waals surface area contributed by atoms with Crippen molar-refractivity contribution in [2.24, 2.45) is 0 Å². The summed E-state index contributed by atoms with van der Waals surface area (Å²) in [5.41, 5.74) is 4.02. The summed E-state index contributed by atoms with van der Waals surface area (Å²) in [5.74, 6) is 0.439. The van der Waals surface area contributed by atoms with E-state index in [1.807, 2.05) is 33.8 Å². The Balaban J connectivity index is 1.54. The number of aryl methyl sites for hydroxylation is 4. The summed E-state index contributed by atoms with van der Waals surface area (Å²) >= 11 is 0. The van der Waals surface area contributed by atoms with Gasteiger partial charge in [0.2, 0.25) is 5.91 Å². The van der Waals surface area contributed by atoms with Crippen molar-refractivity contribution >= 4 is 44.5 Å². The fourth-order valence-corrected chi connectivity index (χ4v) is 4.35. The summed E-state index contributed by atoms with van der Waals surface area (Å²) < 4.78 is 16.7. The van der Waals surface area contributed by atoms with Gasteiger partial charge in [0.1, 0.15) is 22.5 Å². The second-order valence-corrected chi connectivity index (χ2v) is 8.28. The first kappa shape index (κ1) is 20.8. The predicted octanol–water partition coefficient (Wildman–Crippen LogP) is 5.06.